The van der Waals surface area contributed by atoms with E-state index < -0.39 is 126 Å². The molecule has 8 amide bonds. The third-order valence-electron chi connectivity index (χ3n) is 11.8. The molecule has 0 saturated carbocycles. The van der Waals surface area contributed by atoms with Gasteiger partial charge >= 0.3 is 5.97 Å². The number of carbonyl (C=O) groups excluding carboxylic acids is 8. The summed E-state index contributed by atoms with van der Waals surface area (Å²) in [6, 6.07) is -3.92. The second-order valence-corrected chi connectivity index (χ2v) is 18.9. The predicted molar refractivity (Wildman–Crippen MR) is 266 cm³/mol. The van der Waals surface area contributed by atoms with E-state index >= 15 is 0 Å². The largest absolute Gasteiger partial charge is 0.480 e. The molecule has 24 heteroatoms. The van der Waals surface area contributed by atoms with Gasteiger partial charge < -0.3 is 68.4 Å². The fourth-order valence-electron chi connectivity index (χ4n) is 7.35. The van der Waals surface area contributed by atoms with Crippen molar-refractivity contribution in [3.05, 3.63) is 54.2 Å². The van der Waals surface area contributed by atoms with Gasteiger partial charge in [-0.15, -0.1) is 0 Å². The number of H-pyrrole nitrogens is 2. The molecule has 0 aliphatic carbocycles. The molecule has 11 atom stereocenters. The maximum absolute atomic E-state index is 13.8. The molecule has 0 spiro atoms. The summed E-state index contributed by atoms with van der Waals surface area (Å²) >= 11 is 4.16. The number of benzene rings is 1. The van der Waals surface area contributed by atoms with Crippen molar-refractivity contribution in [3.63, 3.8) is 0 Å². The van der Waals surface area contributed by atoms with Crippen LogP contribution in [0.1, 0.15) is 86.4 Å². The number of hydrogen-bond acceptors (Lipinski definition) is 13. The number of aliphatic carboxylic acids is 1. The Morgan fingerprint density at radius 2 is 1.18 bits per heavy atom. The third kappa shape index (κ3) is 17.7. The topological polar surface area (TPSA) is 361 Å². The Hall–Kier alpha value is -6.53. The lowest BCUT2D eigenvalue weighted by Gasteiger charge is -2.29. The van der Waals surface area contributed by atoms with Gasteiger partial charge in [-0.25, -0.2) is 9.78 Å². The van der Waals surface area contributed by atoms with Gasteiger partial charge in [0.15, 0.2) is 0 Å². The van der Waals surface area contributed by atoms with E-state index in [0.717, 1.165) is 16.5 Å². The molecule has 14 N–H and O–H groups in total. The van der Waals surface area contributed by atoms with E-state index in [1.54, 1.807) is 47.7 Å². The van der Waals surface area contributed by atoms with Crippen molar-refractivity contribution in [2.24, 2.45) is 23.5 Å². The minimum absolute atomic E-state index is 0.102. The number of fused-ring (bicyclic) bond motifs is 1. The van der Waals surface area contributed by atoms with Gasteiger partial charge in [-0.1, -0.05) is 66.2 Å². The van der Waals surface area contributed by atoms with Crippen molar-refractivity contribution in [2.45, 2.75) is 148 Å². The number of carbonyl (C=O) groups is 9. The number of thiol groups is 1. The number of hydrogen-bond donors (Lipinski definition) is 14. The first kappa shape index (κ1) is 58.8. The third-order valence-corrected chi connectivity index (χ3v) is 12.2. The first-order valence-electron chi connectivity index (χ1n) is 23.6. The van der Waals surface area contributed by atoms with Crippen LogP contribution in [0.2, 0.25) is 0 Å². The number of amides is 8. The molecule has 0 saturated heterocycles. The lowest BCUT2D eigenvalue weighted by molar-refractivity contribution is -0.143. The van der Waals surface area contributed by atoms with E-state index in [-0.39, 0.29) is 30.9 Å². The van der Waals surface area contributed by atoms with Crippen LogP contribution in [0.15, 0.2) is 43.0 Å². The Labute approximate surface area is 418 Å². The van der Waals surface area contributed by atoms with E-state index in [4.69, 9.17) is 5.73 Å². The average molecular weight is 1010 g/mol. The molecule has 3 rings (SSSR count). The molecule has 392 valence electrons. The number of aliphatic hydroxyl groups is 1. The van der Waals surface area contributed by atoms with Gasteiger partial charge in [-0.2, -0.15) is 12.6 Å². The average Bonchev–Trinajstić information content (AvgIpc) is 3.99. The second kappa shape index (κ2) is 27.8. The van der Waals surface area contributed by atoms with E-state index in [9.17, 15) is 53.4 Å². The normalized spacial score (nSPS) is 16.1. The summed E-state index contributed by atoms with van der Waals surface area (Å²) in [5, 5.41) is 41.4. The van der Waals surface area contributed by atoms with Crippen LogP contribution in [0.5, 0.6) is 0 Å². The summed E-state index contributed by atoms with van der Waals surface area (Å²) in [4.78, 5) is 130. The smallest absolute Gasteiger partial charge is 0.326 e. The Morgan fingerprint density at radius 3 is 1.75 bits per heavy atom. The first-order chi connectivity index (χ1) is 33.4. The van der Waals surface area contributed by atoms with Gasteiger partial charge in [0.05, 0.1) is 18.5 Å². The number of aliphatic hydroxyl groups excluding tert-OH is 1. The Bertz CT molecular complexity index is 2310. The zero-order valence-electron chi connectivity index (χ0n) is 41.6. The number of aromatic nitrogens is 3. The van der Waals surface area contributed by atoms with Gasteiger partial charge in [-0.05, 0) is 63.0 Å². The molecule has 0 radical (unpaired) electrons. The van der Waals surface area contributed by atoms with Crippen LogP contribution in [0, 0.1) is 17.8 Å². The summed E-state index contributed by atoms with van der Waals surface area (Å²) in [5.74, 6) is -8.89. The minimum Gasteiger partial charge on any atom is -0.480 e. The molecule has 1 aromatic carbocycles. The maximum Gasteiger partial charge on any atom is 0.326 e. The van der Waals surface area contributed by atoms with E-state index in [2.05, 4.69) is 70.1 Å². The molecule has 0 bridgehead atoms. The molecule has 0 unspecified atom stereocenters. The number of aromatic amines is 2. The van der Waals surface area contributed by atoms with Crippen molar-refractivity contribution in [1.29, 1.82) is 0 Å². The van der Waals surface area contributed by atoms with Crippen LogP contribution in [0.4, 0.5) is 0 Å². The molecule has 23 nitrogen and oxygen atoms in total. The number of nitrogens with zero attached hydrogens (tertiary/aromatic N) is 1. The van der Waals surface area contributed by atoms with Crippen molar-refractivity contribution >= 4 is 76.8 Å². The second-order valence-electron chi connectivity index (χ2n) is 18.6. The van der Waals surface area contributed by atoms with Gasteiger partial charge in [-0.3, -0.25) is 38.4 Å². The number of carboxylic acid groups (broad SMARTS) is 1. The number of rotatable bonds is 28. The minimum atomic E-state index is -1.62. The molecule has 71 heavy (non-hydrogen) atoms. The van der Waals surface area contributed by atoms with E-state index in [0.29, 0.717) is 12.1 Å². The van der Waals surface area contributed by atoms with E-state index in [1.807, 2.05) is 24.3 Å². The van der Waals surface area contributed by atoms with Crippen LogP contribution >= 0.6 is 12.6 Å². The number of para-hydroxylation sites is 1. The van der Waals surface area contributed by atoms with Crippen LogP contribution in [0.3, 0.4) is 0 Å². The standard InChI is InChI=1S/C47H72N12O11S/c1-10-24(6)37(47(69)70)58-44(66)35(20-71)56-42(64)34(17-29-19-49-21-51-29)54-40(62)26(8)52-39(61)25(7)53-46(68)38(27(9)60)59-43(65)33(15-22(2)3)55-45(67)36(23(4)5)57-41(63)31(48)16-28-18-50-32-14-12-11-13-30(28)32/h11-14,18-19,21-27,31,33-38,50,60,71H,10,15-17,20,48H2,1-9H3,(H,49,51)(H,52,61)(H,53,68)(H,54,62)(H,55,67)(H,56,64)(H,57,63)(H,58,66)(H,59,65)(H,69,70)/t24-,25-,26-,27+,31-,33-,34-,35-,36-,37-,38-/m0/s1. The summed E-state index contributed by atoms with van der Waals surface area (Å²) in [5.41, 5.74) is 8.43. The van der Waals surface area contributed by atoms with Crippen molar-refractivity contribution < 1.29 is 53.4 Å². The van der Waals surface area contributed by atoms with Crippen LogP contribution < -0.4 is 48.3 Å². The molecule has 3 aromatic rings. The van der Waals surface area contributed by atoms with Crippen molar-refractivity contribution in [3.8, 4) is 0 Å². The van der Waals surface area contributed by atoms with Crippen molar-refractivity contribution in [2.75, 3.05) is 5.75 Å². The monoisotopic (exact) mass is 1010 g/mol. The summed E-state index contributed by atoms with van der Waals surface area (Å²) < 4.78 is 0. The van der Waals surface area contributed by atoms with Crippen LogP contribution in [-0.4, -0.2) is 145 Å². The quantitative estimate of drug-likeness (QED) is 0.0392. The molecule has 2 heterocycles. The van der Waals surface area contributed by atoms with Gasteiger partial charge in [0.25, 0.3) is 0 Å². The molecular weight excluding hydrogens is 941 g/mol. The van der Waals surface area contributed by atoms with Gasteiger partial charge in [0.1, 0.15) is 48.3 Å². The SMILES string of the molecule is CC[C@H](C)[C@H](NC(=O)[C@H](CS)NC(=O)[C@H](Cc1cnc[nH]1)NC(=O)[C@H](C)NC(=O)[C@H](C)NC(=O)[C@@H](NC(=O)[C@H](CC(C)C)NC(=O)[C@@H](NC(=O)[C@@H](N)Cc1c[nH]c2ccccc12)C(C)C)[C@@H](C)O)C(=O)O. The lowest BCUT2D eigenvalue weighted by atomic mass is 9.98. The van der Waals surface area contributed by atoms with Crippen LogP contribution in [-0.2, 0) is 56.0 Å². The molecule has 2 aromatic heterocycles. The van der Waals surface area contributed by atoms with Crippen molar-refractivity contribution in [1.82, 2.24) is 57.5 Å². The molecular formula is C47H72N12O11S. The number of imidazole rings is 1. The highest BCUT2D eigenvalue weighted by molar-refractivity contribution is 7.80. The summed E-state index contributed by atoms with van der Waals surface area (Å²) in [6.07, 6.45) is 3.63. The molecule has 0 aliphatic rings. The highest BCUT2D eigenvalue weighted by Crippen LogP contribution is 2.19. The predicted octanol–water partition coefficient (Wildman–Crippen LogP) is -0.935. The summed E-state index contributed by atoms with van der Waals surface area (Å²) in [6.45, 7) is 14.3. The number of nitrogens with two attached hydrogens (primary N) is 1. The van der Waals surface area contributed by atoms with Gasteiger partial charge in [0.2, 0.25) is 47.3 Å². The summed E-state index contributed by atoms with van der Waals surface area (Å²) in [7, 11) is 0. The zero-order chi connectivity index (χ0) is 53.3. The fourth-order valence-corrected chi connectivity index (χ4v) is 7.60. The Morgan fingerprint density at radius 1 is 0.648 bits per heavy atom. The highest BCUT2D eigenvalue weighted by Gasteiger charge is 2.36. The molecule has 0 fully saturated rings. The Balaban J connectivity index is 1.65. The Kier molecular flexibility index (Phi) is 23.0. The fraction of sp³-hybridized carbons (Fsp3) is 0.574. The van der Waals surface area contributed by atoms with E-state index in [1.165, 1.54) is 33.3 Å². The highest BCUT2D eigenvalue weighted by atomic mass is 32.1. The maximum atomic E-state index is 13.8. The van der Waals surface area contributed by atoms with Crippen LogP contribution in [0.25, 0.3) is 10.9 Å². The lowest BCUT2D eigenvalue weighted by Crippen LogP contribution is -2.62. The zero-order valence-corrected chi connectivity index (χ0v) is 42.5. The number of carboxylic acids is 1. The van der Waals surface area contributed by atoms with Gasteiger partial charge in [0, 0.05) is 41.2 Å². The number of nitrogens with one attached hydrogen (secondary N) is 10. The molecule has 0 aliphatic heterocycles. The first-order valence-corrected chi connectivity index (χ1v) is 24.2.